The third-order valence-corrected chi connectivity index (χ3v) is 5.25. The predicted molar refractivity (Wildman–Crippen MR) is 126 cm³/mol. The van der Waals surface area contributed by atoms with E-state index in [1.807, 2.05) is 13.8 Å². The van der Waals surface area contributed by atoms with Crippen molar-refractivity contribution >= 4 is 52.5 Å². The first kappa shape index (κ1) is 22.8. The lowest BCUT2D eigenvalue weighted by Crippen LogP contribution is -2.56. The van der Waals surface area contributed by atoms with Gasteiger partial charge in [0.25, 0.3) is 11.8 Å². The van der Waals surface area contributed by atoms with Crippen molar-refractivity contribution in [1.82, 2.24) is 4.90 Å². The molecule has 0 aromatic heterocycles. The molecule has 0 aliphatic carbocycles. The van der Waals surface area contributed by atoms with Crippen molar-refractivity contribution in [3.8, 4) is 11.5 Å². The van der Waals surface area contributed by atoms with Crippen LogP contribution in [-0.2, 0) is 9.59 Å². The van der Waals surface area contributed by atoms with Crippen LogP contribution in [-0.4, -0.2) is 41.6 Å². The van der Waals surface area contributed by atoms with Gasteiger partial charge in [-0.2, -0.15) is 0 Å². The number of nitrogens with zero attached hydrogens (tertiary/aromatic N) is 2. The summed E-state index contributed by atoms with van der Waals surface area (Å²) in [5.41, 5.74) is 1.17. The van der Waals surface area contributed by atoms with E-state index in [0.717, 1.165) is 0 Å². The molecule has 2 amide bonds. The quantitative estimate of drug-likeness (QED) is 0.357. The Morgan fingerprint density at radius 2 is 1.74 bits per heavy atom. The van der Waals surface area contributed by atoms with Crippen LogP contribution >= 0.6 is 23.8 Å². The largest absolute Gasteiger partial charge is 0.493 e. The summed E-state index contributed by atoms with van der Waals surface area (Å²) in [7, 11) is 1.54. The van der Waals surface area contributed by atoms with Crippen LogP contribution in [0.2, 0.25) is 5.02 Å². The lowest BCUT2D eigenvalue weighted by Gasteiger charge is -2.36. The van der Waals surface area contributed by atoms with Gasteiger partial charge < -0.3 is 9.47 Å². The number of hydrogen-bond donors (Lipinski definition) is 0. The normalized spacial score (nSPS) is 15.8. The standard InChI is InChI=1S/C23H23ClN2O4S/c1-5-25-21(27)18(12-15-6-11-19(30-14(2)3)20(13-15)29-4)22(28)26(23(25)31)17-9-7-16(24)8-10-17/h6-14H,5H2,1-4H3/b18-12+. The first-order valence-electron chi connectivity index (χ1n) is 9.79. The third kappa shape index (κ3) is 4.73. The van der Waals surface area contributed by atoms with E-state index in [9.17, 15) is 9.59 Å². The molecule has 1 aliphatic rings. The minimum atomic E-state index is -0.497. The van der Waals surface area contributed by atoms with E-state index in [-0.39, 0.29) is 16.8 Å². The van der Waals surface area contributed by atoms with E-state index in [2.05, 4.69) is 0 Å². The highest BCUT2D eigenvalue weighted by Gasteiger charge is 2.39. The van der Waals surface area contributed by atoms with Crippen molar-refractivity contribution in [2.45, 2.75) is 26.9 Å². The maximum Gasteiger partial charge on any atom is 0.270 e. The Bertz CT molecular complexity index is 1050. The summed E-state index contributed by atoms with van der Waals surface area (Å²) in [6, 6.07) is 12.0. The predicted octanol–water partition coefficient (Wildman–Crippen LogP) is 4.70. The zero-order valence-electron chi connectivity index (χ0n) is 17.7. The van der Waals surface area contributed by atoms with Crippen molar-refractivity contribution < 1.29 is 19.1 Å². The fourth-order valence-electron chi connectivity index (χ4n) is 3.16. The van der Waals surface area contributed by atoms with Gasteiger partial charge in [-0.15, -0.1) is 0 Å². The van der Waals surface area contributed by atoms with Crippen LogP contribution in [0, 0.1) is 0 Å². The molecule has 3 rings (SSSR count). The molecule has 1 saturated heterocycles. The number of carbonyl (C=O) groups is 2. The van der Waals surface area contributed by atoms with Crippen LogP contribution in [0.15, 0.2) is 48.0 Å². The maximum absolute atomic E-state index is 13.3. The minimum Gasteiger partial charge on any atom is -0.493 e. The maximum atomic E-state index is 13.3. The molecule has 1 aliphatic heterocycles. The van der Waals surface area contributed by atoms with Gasteiger partial charge >= 0.3 is 0 Å². The molecule has 2 aromatic carbocycles. The molecule has 2 aromatic rings. The summed E-state index contributed by atoms with van der Waals surface area (Å²) in [5, 5.41) is 0.671. The Morgan fingerprint density at radius 1 is 1.06 bits per heavy atom. The summed E-state index contributed by atoms with van der Waals surface area (Å²) in [4.78, 5) is 29.1. The zero-order chi connectivity index (χ0) is 22.7. The second kappa shape index (κ2) is 9.49. The lowest BCUT2D eigenvalue weighted by molar-refractivity contribution is -0.127. The van der Waals surface area contributed by atoms with Crippen molar-refractivity contribution in [1.29, 1.82) is 0 Å². The fourth-order valence-corrected chi connectivity index (χ4v) is 3.69. The minimum absolute atomic E-state index is 0.00461. The average molecular weight is 459 g/mol. The van der Waals surface area contributed by atoms with Crippen LogP contribution in [0.1, 0.15) is 26.3 Å². The Balaban J connectivity index is 2.05. The van der Waals surface area contributed by atoms with Crippen LogP contribution in [0.4, 0.5) is 5.69 Å². The number of benzene rings is 2. The molecule has 0 N–H and O–H groups in total. The third-order valence-electron chi connectivity index (χ3n) is 4.59. The first-order valence-corrected chi connectivity index (χ1v) is 10.6. The summed E-state index contributed by atoms with van der Waals surface area (Å²) >= 11 is 11.4. The van der Waals surface area contributed by atoms with E-state index in [1.54, 1.807) is 55.5 Å². The number of anilines is 1. The first-order chi connectivity index (χ1) is 14.8. The molecule has 0 unspecified atom stereocenters. The van der Waals surface area contributed by atoms with Crippen molar-refractivity contribution in [3.63, 3.8) is 0 Å². The molecule has 0 radical (unpaired) electrons. The summed E-state index contributed by atoms with van der Waals surface area (Å²) < 4.78 is 11.1. The van der Waals surface area contributed by atoms with Gasteiger partial charge in [0.2, 0.25) is 0 Å². The molecular weight excluding hydrogens is 436 g/mol. The number of ether oxygens (including phenoxy) is 2. The Kier molecular flexibility index (Phi) is 6.97. The number of amides is 2. The highest BCUT2D eigenvalue weighted by molar-refractivity contribution is 7.80. The molecule has 0 spiro atoms. The fraction of sp³-hybridized carbons (Fsp3) is 0.261. The van der Waals surface area contributed by atoms with E-state index in [0.29, 0.717) is 34.3 Å². The second-order valence-electron chi connectivity index (χ2n) is 7.08. The Hall–Kier alpha value is -2.90. The molecule has 162 valence electrons. The molecule has 0 atom stereocenters. The van der Waals surface area contributed by atoms with Crippen LogP contribution in [0.3, 0.4) is 0 Å². The van der Waals surface area contributed by atoms with Crippen molar-refractivity contribution in [3.05, 3.63) is 58.6 Å². The smallest absolute Gasteiger partial charge is 0.270 e. The van der Waals surface area contributed by atoms with Crippen molar-refractivity contribution in [2.24, 2.45) is 0 Å². The van der Waals surface area contributed by atoms with Gasteiger partial charge in [-0.05, 0) is 81.0 Å². The van der Waals surface area contributed by atoms with E-state index in [4.69, 9.17) is 33.3 Å². The molecule has 1 heterocycles. The highest BCUT2D eigenvalue weighted by Crippen LogP contribution is 2.31. The monoisotopic (exact) mass is 458 g/mol. The molecular formula is C23H23ClN2O4S. The van der Waals surface area contributed by atoms with E-state index < -0.39 is 11.8 Å². The summed E-state index contributed by atoms with van der Waals surface area (Å²) in [6.07, 6.45) is 1.52. The lowest BCUT2D eigenvalue weighted by atomic mass is 10.1. The molecule has 8 heteroatoms. The number of carbonyl (C=O) groups excluding carboxylic acids is 2. The summed E-state index contributed by atoms with van der Waals surface area (Å²) in [6.45, 7) is 5.97. The van der Waals surface area contributed by atoms with Gasteiger partial charge in [-0.25, -0.2) is 0 Å². The van der Waals surface area contributed by atoms with Gasteiger partial charge in [-0.3, -0.25) is 19.4 Å². The van der Waals surface area contributed by atoms with Gasteiger partial charge in [0, 0.05) is 11.6 Å². The van der Waals surface area contributed by atoms with Crippen LogP contribution in [0.5, 0.6) is 11.5 Å². The number of rotatable bonds is 6. The van der Waals surface area contributed by atoms with Gasteiger partial charge in [0.1, 0.15) is 5.57 Å². The van der Waals surface area contributed by atoms with E-state index >= 15 is 0 Å². The number of methoxy groups -OCH3 is 1. The average Bonchev–Trinajstić information content (AvgIpc) is 2.73. The van der Waals surface area contributed by atoms with Crippen LogP contribution in [0.25, 0.3) is 6.08 Å². The Morgan fingerprint density at radius 3 is 2.32 bits per heavy atom. The molecule has 0 bridgehead atoms. The Labute approximate surface area is 192 Å². The van der Waals surface area contributed by atoms with Gasteiger partial charge in [0.15, 0.2) is 16.6 Å². The highest BCUT2D eigenvalue weighted by atomic mass is 35.5. The SMILES string of the molecule is CCN1C(=O)/C(=C\c2ccc(OC(C)C)c(OC)c2)C(=O)N(c2ccc(Cl)cc2)C1=S. The zero-order valence-corrected chi connectivity index (χ0v) is 19.3. The molecule has 0 saturated carbocycles. The van der Waals surface area contributed by atoms with Gasteiger partial charge in [0.05, 0.1) is 18.9 Å². The van der Waals surface area contributed by atoms with E-state index in [1.165, 1.54) is 16.9 Å². The number of hydrogen-bond acceptors (Lipinski definition) is 5. The van der Waals surface area contributed by atoms with Crippen LogP contribution < -0.4 is 14.4 Å². The molecule has 31 heavy (non-hydrogen) atoms. The number of thiocarbonyl (C=S) groups is 1. The molecule has 1 fully saturated rings. The number of halogens is 1. The second-order valence-corrected chi connectivity index (χ2v) is 7.89. The topological polar surface area (TPSA) is 59.1 Å². The number of likely N-dealkylation sites (N-methyl/N-ethyl adjacent to an activating group) is 1. The molecule has 6 nitrogen and oxygen atoms in total. The van der Waals surface area contributed by atoms with Gasteiger partial charge in [-0.1, -0.05) is 17.7 Å². The summed E-state index contributed by atoms with van der Waals surface area (Å²) in [5.74, 6) is 0.156. The van der Waals surface area contributed by atoms with Crippen molar-refractivity contribution in [2.75, 3.05) is 18.6 Å².